The molecule has 14 heavy (non-hydrogen) atoms. The van der Waals surface area contributed by atoms with Crippen LogP contribution in [0.3, 0.4) is 0 Å². The summed E-state index contributed by atoms with van der Waals surface area (Å²) in [7, 11) is 0. The third kappa shape index (κ3) is 3.13. The second-order valence-electron chi connectivity index (χ2n) is 3.09. The van der Waals surface area contributed by atoms with E-state index in [-0.39, 0.29) is 6.04 Å². The normalized spacial score (nSPS) is 12.4. The van der Waals surface area contributed by atoms with Gasteiger partial charge in [0.05, 0.1) is 16.7 Å². The fraction of sp³-hybridized carbons (Fsp3) is 0.545. The molecule has 76 valence electrons. The maximum absolute atomic E-state index is 5.35. The third-order valence-electron chi connectivity index (χ3n) is 2.04. The number of rotatable bonds is 5. The second kappa shape index (κ2) is 5.79. The van der Waals surface area contributed by atoms with E-state index < -0.39 is 0 Å². The first-order chi connectivity index (χ1) is 6.80. The van der Waals surface area contributed by atoms with E-state index in [2.05, 4.69) is 35.4 Å². The third-order valence-corrected chi connectivity index (χ3v) is 3.08. The number of hydrogen-bond acceptors (Lipinski definition) is 3. The van der Waals surface area contributed by atoms with Crippen LogP contribution in [0.5, 0.6) is 0 Å². The van der Waals surface area contributed by atoms with Crippen molar-refractivity contribution in [1.29, 1.82) is 0 Å². The molecular weight excluding hydrogens is 192 g/mol. The van der Waals surface area contributed by atoms with Gasteiger partial charge >= 0.3 is 0 Å². The van der Waals surface area contributed by atoms with Crippen LogP contribution < -0.4 is 5.32 Å². The molecule has 2 nitrogen and oxygen atoms in total. The number of terminal acetylenes is 1. The predicted octanol–water partition coefficient (Wildman–Crippen LogP) is 2.21. The van der Waals surface area contributed by atoms with Crippen LogP contribution in [0, 0.1) is 12.3 Å². The molecule has 3 heteroatoms. The fourth-order valence-corrected chi connectivity index (χ4v) is 1.89. The Bertz CT molecular complexity index is 311. The Hall–Kier alpha value is -0.850. The van der Waals surface area contributed by atoms with Crippen molar-refractivity contribution >= 4 is 11.3 Å². The highest BCUT2D eigenvalue weighted by Crippen LogP contribution is 2.09. The molecule has 1 heterocycles. The first-order valence-electron chi connectivity index (χ1n) is 4.92. The van der Waals surface area contributed by atoms with Gasteiger partial charge < -0.3 is 0 Å². The Morgan fingerprint density at radius 2 is 2.43 bits per heavy atom. The molecule has 0 aliphatic heterocycles. The van der Waals surface area contributed by atoms with Gasteiger partial charge in [0.2, 0.25) is 0 Å². The average molecular weight is 208 g/mol. The molecule has 1 atom stereocenters. The van der Waals surface area contributed by atoms with E-state index in [4.69, 9.17) is 6.42 Å². The van der Waals surface area contributed by atoms with Crippen molar-refractivity contribution in [1.82, 2.24) is 10.3 Å². The SMILES string of the molecule is C#CC(CC)NCc1csc(CC)n1. The lowest BCUT2D eigenvalue weighted by Crippen LogP contribution is -2.26. The second-order valence-corrected chi connectivity index (χ2v) is 4.04. The molecule has 0 amide bonds. The Kier molecular flexibility index (Phi) is 4.64. The van der Waals surface area contributed by atoms with Crippen LogP contribution in [-0.4, -0.2) is 11.0 Å². The van der Waals surface area contributed by atoms with Gasteiger partial charge in [-0.2, -0.15) is 0 Å². The molecule has 0 aliphatic rings. The topological polar surface area (TPSA) is 24.9 Å². The lowest BCUT2D eigenvalue weighted by Gasteiger charge is -2.08. The zero-order valence-electron chi connectivity index (χ0n) is 8.71. The van der Waals surface area contributed by atoms with E-state index in [9.17, 15) is 0 Å². The van der Waals surface area contributed by atoms with Crippen molar-refractivity contribution in [2.24, 2.45) is 0 Å². The van der Waals surface area contributed by atoms with Crippen molar-refractivity contribution in [3.63, 3.8) is 0 Å². The van der Waals surface area contributed by atoms with Gasteiger partial charge in [0.25, 0.3) is 0 Å². The Morgan fingerprint density at radius 1 is 1.64 bits per heavy atom. The van der Waals surface area contributed by atoms with Crippen LogP contribution in [0.15, 0.2) is 5.38 Å². The van der Waals surface area contributed by atoms with Crippen molar-refractivity contribution in [2.75, 3.05) is 0 Å². The smallest absolute Gasteiger partial charge is 0.0926 e. The zero-order valence-corrected chi connectivity index (χ0v) is 9.53. The Labute approximate surface area is 89.8 Å². The Balaban J connectivity index is 2.41. The zero-order chi connectivity index (χ0) is 10.4. The standard InChI is InChI=1S/C11H16N2S/c1-4-9(5-2)12-7-10-8-14-11(6-3)13-10/h1,8-9,12H,5-7H2,2-3H3. The molecule has 0 radical (unpaired) electrons. The minimum atomic E-state index is 0.168. The van der Waals surface area contributed by atoms with Gasteiger partial charge in [-0.1, -0.05) is 19.8 Å². The van der Waals surface area contributed by atoms with Crippen LogP contribution in [0.2, 0.25) is 0 Å². The summed E-state index contributed by atoms with van der Waals surface area (Å²) in [5, 5.41) is 6.56. The van der Waals surface area contributed by atoms with Crippen LogP contribution in [0.25, 0.3) is 0 Å². The fourth-order valence-electron chi connectivity index (χ4n) is 1.14. The predicted molar refractivity (Wildman–Crippen MR) is 61.2 cm³/mol. The maximum atomic E-state index is 5.35. The molecule has 0 saturated heterocycles. The average Bonchev–Trinajstić information content (AvgIpc) is 2.67. The van der Waals surface area contributed by atoms with E-state index >= 15 is 0 Å². The quantitative estimate of drug-likeness (QED) is 0.750. The van der Waals surface area contributed by atoms with Crippen molar-refractivity contribution < 1.29 is 0 Å². The number of aromatic nitrogens is 1. The molecule has 1 rings (SSSR count). The van der Waals surface area contributed by atoms with Crippen molar-refractivity contribution in [3.05, 3.63) is 16.1 Å². The molecule has 0 aromatic carbocycles. The highest BCUT2D eigenvalue weighted by Gasteiger charge is 2.03. The van der Waals surface area contributed by atoms with Crippen LogP contribution in [-0.2, 0) is 13.0 Å². The Morgan fingerprint density at radius 3 is 2.93 bits per heavy atom. The number of aryl methyl sites for hydroxylation is 1. The number of nitrogens with one attached hydrogen (secondary N) is 1. The maximum Gasteiger partial charge on any atom is 0.0926 e. The largest absolute Gasteiger partial charge is 0.298 e. The van der Waals surface area contributed by atoms with Crippen molar-refractivity contribution in [2.45, 2.75) is 39.3 Å². The van der Waals surface area contributed by atoms with E-state index in [0.29, 0.717) is 0 Å². The molecule has 1 unspecified atom stereocenters. The summed E-state index contributed by atoms with van der Waals surface area (Å²) in [6.45, 7) is 4.97. The highest BCUT2D eigenvalue weighted by atomic mass is 32.1. The monoisotopic (exact) mass is 208 g/mol. The van der Waals surface area contributed by atoms with Gasteiger partial charge in [0.15, 0.2) is 0 Å². The molecule has 1 aromatic heterocycles. The van der Waals surface area contributed by atoms with Gasteiger partial charge in [-0.25, -0.2) is 4.98 Å². The minimum Gasteiger partial charge on any atom is -0.298 e. The molecule has 0 spiro atoms. The molecular formula is C11H16N2S. The van der Waals surface area contributed by atoms with Gasteiger partial charge in [-0.3, -0.25) is 5.32 Å². The summed E-state index contributed by atoms with van der Waals surface area (Å²) in [6, 6.07) is 0.168. The number of thiazole rings is 1. The summed E-state index contributed by atoms with van der Waals surface area (Å²) in [5.74, 6) is 2.71. The molecule has 0 fully saturated rings. The lowest BCUT2D eigenvalue weighted by molar-refractivity contribution is 0.586. The molecule has 0 aliphatic carbocycles. The molecule has 0 bridgehead atoms. The lowest BCUT2D eigenvalue weighted by atomic mass is 10.2. The van der Waals surface area contributed by atoms with E-state index in [1.165, 1.54) is 5.01 Å². The number of hydrogen-bond donors (Lipinski definition) is 1. The molecule has 1 aromatic rings. The number of nitrogens with zero attached hydrogens (tertiary/aromatic N) is 1. The summed E-state index contributed by atoms with van der Waals surface area (Å²) >= 11 is 1.71. The molecule has 1 N–H and O–H groups in total. The van der Waals surface area contributed by atoms with Crippen LogP contribution >= 0.6 is 11.3 Å². The first-order valence-corrected chi connectivity index (χ1v) is 5.80. The summed E-state index contributed by atoms with van der Waals surface area (Å²) in [6.07, 6.45) is 7.32. The summed E-state index contributed by atoms with van der Waals surface area (Å²) in [5.41, 5.74) is 1.10. The van der Waals surface area contributed by atoms with E-state index in [1.54, 1.807) is 11.3 Å². The van der Waals surface area contributed by atoms with Crippen LogP contribution in [0.1, 0.15) is 31.0 Å². The van der Waals surface area contributed by atoms with E-state index in [0.717, 1.165) is 25.1 Å². The minimum absolute atomic E-state index is 0.168. The van der Waals surface area contributed by atoms with Gasteiger partial charge in [-0.05, 0) is 12.8 Å². The van der Waals surface area contributed by atoms with E-state index in [1.807, 2.05) is 0 Å². The van der Waals surface area contributed by atoms with Crippen LogP contribution in [0.4, 0.5) is 0 Å². The summed E-state index contributed by atoms with van der Waals surface area (Å²) in [4.78, 5) is 4.46. The highest BCUT2D eigenvalue weighted by molar-refractivity contribution is 7.09. The van der Waals surface area contributed by atoms with Crippen molar-refractivity contribution in [3.8, 4) is 12.3 Å². The first kappa shape index (κ1) is 11.2. The van der Waals surface area contributed by atoms with Gasteiger partial charge in [0.1, 0.15) is 0 Å². The summed E-state index contributed by atoms with van der Waals surface area (Å²) < 4.78 is 0. The molecule has 0 saturated carbocycles. The van der Waals surface area contributed by atoms with Gasteiger partial charge in [-0.15, -0.1) is 17.8 Å². The van der Waals surface area contributed by atoms with Gasteiger partial charge in [0, 0.05) is 11.9 Å².